The number of furan rings is 1. The van der Waals surface area contributed by atoms with Gasteiger partial charge in [0.05, 0.1) is 12.1 Å². The Morgan fingerprint density at radius 2 is 2.45 bits per heavy atom. The fourth-order valence-corrected chi connectivity index (χ4v) is 0.645. The van der Waals surface area contributed by atoms with Gasteiger partial charge in [0.2, 0.25) is 0 Å². The van der Waals surface area contributed by atoms with Crippen LogP contribution in [0.3, 0.4) is 0 Å². The minimum absolute atomic E-state index is 0.0509. The Labute approximate surface area is 64.2 Å². The molecule has 0 aliphatic heterocycles. The lowest BCUT2D eigenvalue weighted by Crippen LogP contribution is -2.08. The van der Waals surface area contributed by atoms with E-state index in [9.17, 15) is 0 Å². The predicted octanol–water partition coefficient (Wildman–Crippen LogP) is 0.982. The average Bonchev–Trinajstić information content (AvgIpc) is 2.35. The molecule has 1 aromatic heterocycles. The fraction of sp³-hybridized carbons (Fsp3) is 0.143. The highest BCUT2D eigenvalue weighted by molar-refractivity contribution is 6.01. The van der Waals surface area contributed by atoms with Crippen molar-refractivity contribution in [1.29, 1.82) is 5.41 Å². The van der Waals surface area contributed by atoms with E-state index in [4.69, 9.17) is 15.6 Å². The third-order valence-electron chi connectivity index (χ3n) is 1.04. The molecule has 1 aromatic rings. The Balaban J connectivity index is 2.80. The summed E-state index contributed by atoms with van der Waals surface area (Å²) < 4.78 is 4.91. The molecule has 4 nitrogen and oxygen atoms in total. The van der Waals surface area contributed by atoms with Gasteiger partial charge < -0.3 is 10.2 Å². The quantitative estimate of drug-likeness (QED) is 0.463. The molecule has 4 heteroatoms. The first-order chi connectivity index (χ1) is 5.20. The van der Waals surface area contributed by atoms with E-state index in [1.807, 2.05) is 0 Å². The maximum atomic E-state index is 7.32. The first-order valence-electron chi connectivity index (χ1n) is 3.13. The molecular weight excluding hydrogens is 142 g/mol. The Hall–Kier alpha value is -1.58. The van der Waals surface area contributed by atoms with Crippen LogP contribution in [0.2, 0.25) is 0 Å². The second-order valence-electron chi connectivity index (χ2n) is 2.08. The molecule has 0 aromatic carbocycles. The first kappa shape index (κ1) is 7.53. The second-order valence-corrected chi connectivity index (χ2v) is 2.08. The van der Waals surface area contributed by atoms with Crippen molar-refractivity contribution in [2.24, 2.45) is 10.7 Å². The molecule has 0 spiro atoms. The van der Waals surface area contributed by atoms with Crippen LogP contribution in [0.1, 0.15) is 12.7 Å². The molecule has 0 atom stereocenters. The maximum Gasteiger partial charge on any atom is 0.189 e. The van der Waals surface area contributed by atoms with Crippen molar-refractivity contribution in [3.8, 4) is 0 Å². The molecule has 0 radical (unpaired) electrons. The third-order valence-corrected chi connectivity index (χ3v) is 1.04. The van der Waals surface area contributed by atoms with Crippen LogP contribution in [0.25, 0.3) is 0 Å². The van der Waals surface area contributed by atoms with Gasteiger partial charge in [-0.1, -0.05) is 0 Å². The molecule has 58 valence electrons. The normalized spacial score (nSPS) is 11.5. The molecule has 0 saturated carbocycles. The highest BCUT2D eigenvalue weighted by Crippen LogP contribution is 2.01. The summed E-state index contributed by atoms with van der Waals surface area (Å²) in [5.74, 6) is 0.830. The Bertz CT molecular complexity index is 270. The zero-order valence-electron chi connectivity index (χ0n) is 6.16. The van der Waals surface area contributed by atoms with Gasteiger partial charge in [0.15, 0.2) is 11.6 Å². The number of aliphatic imine (C=N–C) groups is 1. The minimum atomic E-state index is 0.0509. The standard InChI is InChI=1S/C7H9N3O/c1-5(8)10-7(9)6-3-2-4-11-6/h2-4H,1H3,(H3,8,9,10). The molecule has 0 saturated heterocycles. The van der Waals surface area contributed by atoms with Crippen molar-refractivity contribution in [2.45, 2.75) is 6.92 Å². The molecular formula is C7H9N3O. The molecule has 1 rings (SSSR count). The first-order valence-corrected chi connectivity index (χ1v) is 3.13. The summed E-state index contributed by atoms with van der Waals surface area (Å²) in [6.45, 7) is 1.62. The van der Waals surface area contributed by atoms with E-state index in [1.165, 1.54) is 6.26 Å². The molecule has 3 N–H and O–H groups in total. The smallest absolute Gasteiger partial charge is 0.189 e. The summed E-state index contributed by atoms with van der Waals surface area (Å²) >= 11 is 0. The number of nitrogens with two attached hydrogens (primary N) is 1. The highest BCUT2D eigenvalue weighted by Gasteiger charge is 2.00. The molecule has 0 fully saturated rings. The van der Waals surface area contributed by atoms with Crippen LogP contribution in [-0.2, 0) is 0 Å². The van der Waals surface area contributed by atoms with E-state index < -0.39 is 0 Å². The number of rotatable bonds is 1. The van der Waals surface area contributed by atoms with Crippen LogP contribution in [0.4, 0.5) is 0 Å². The SMILES string of the molecule is CC(N)=NC(=N)c1ccco1. The number of nitrogens with one attached hydrogen (secondary N) is 1. The molecule has 11 heavy (non-hydrogen) atoms. The van der Waals surface area contributed by atoms with Crippen molar-refractivity contribution >= 4 is 11.7 Å². The van der Waals surface area contributed by atoms with Gasteiger partial charge in [0, 0.05) is 0 Å². The lowest BCUT2D eigenvalue weighted by atomic mass is 10.4. The van der Waals surface area contributed by atoms with E-state index >= 15 is 0 Å². The monoisotopic (exact) mass is 151 g/mol. The molecule has 0 aliphatic rings. The van der Waals surface area contributed by atoms with E-state index in [0.717, 1.165) is 0 Å². The largest absolute Gasteiger partial charge is 0.461 e. The van der Waals surface area contributed by atoms with Gasteiger partial charge in [0.25, 0.3) is 0 Å². The lowest BCUT2D eigenvalue weighted by Gasteiger charge is -1.91. The molecule has 0 amide bonds. The highest BCUT2D eigenvalue weighted by atomic mass is 16.3. The molecule has 0 unspecified atom stereocenters. The van der Waals surface area contributed by atoms with Crippen molar-refractivity contribution in [3.05, 3.63) is 24.2 Å². The van der Waals surface area contributed by atoms with Gasteiger partial charge in [-0.05, 0) is 19.1 Å². The minimum Gasteiger partial charge on any atom is -0.461 e. The van der Waals surface area contributed by atoms with Crippen molar-refractivity contribution in [3.63, 3.8) is 0 Å². The predicted molar refractivity (Wildman–Crippen MR) is 42.8 cm³/mol. The van der Waals surface area contributed by atoms with E-state index in [1.54, 1.807) is 19.1 Å². The number of hydrogen-bond acceptors (Lipinski definition) is 2. The van der Waals surface area contributed by atoms with Crippen molar-refractivity contribution < 1.29 is 4.42 Å². The Kier molecular flexibility index (Phi) is 2.06. The molecule has 0 aliphatic carbocycles. The number of amidine groups is 2. The van der Waals surface area contributed by atoms with E-state index in [2.05, 4.69) is 4.99 Å². The van der Waals surface area contributed by atoms with Crippen LogP contribution in [0.5, 0.6) is 0 Å². The van der Waals surface area contributed by atoms with Gasteiger partial charge in [-0.3, -0.25) is 5.41 Å². The Morgan fingerprint density at radius 1 is 1.73 bits per heavy atom. The van der Waals surface area contributed by atoms with Crippen LogP contribution in [0.15, 0.2) is 27.8 Å². The van der Waals surface area contributed by atoms with Crippen LogP contribution >= 0.6 is 0 Å². The Morgan fingerprint density at radius 3 is 2.91 bits per heavy atom. The zero-order chi connectivity index (χ0) is 8.27. The van der Waals surface area contributed by atoms with E-state index in [0.29, 0.717) is 11.6 Å². The zero-order valence-corrected chi connectivity index (χ0v) is 6.16. The third kappa shape index (κ3) is 1.93. The van der Waals surface area contributed by atoms with Crippen LogP contribution < -0.4 is 5.73 Å². The van der Waals surface area contributed by atoms with E-state index in [-0.39, 0.29) is 5.84 Å². The summed E-state index contributed by atoms with van der Waals surface area (Å²) in [7, 11) is 0. The average molecular weight is 151 g/mol. The van der Waals surface area contributed by atoms with Gasteiger partial charge >= 0.3 is 0 Å². The van der Waals surface area contributed by atoms with Gasteiger partial charge in [-0.2, -0.15) is 0 Å². The van der Waals surface area contributed by atoms with Gasteiger partial charge in [-0.15, -0.1) is 0 Å². The summed E-state index contributed by atoms with van der Waals surface area (Å²) in [6.07, 6.45) is 1.49. The van der Waals surface area contributed by atoms with Crippen molar-refractivity contribution in [2.75, 3.05) is 0 Å². The van der Waals surface area contributed by atoms with Crippen molar-refractivity contribution in [1.82, 2.24) is 0 Å². The summed E-state index contributed by atoms with van der Waals surface area (Å²) in [6, 6.07) is 3.36. The lowest BCUT2D eigenvalue weighted by molar-refractivity contribution is 0.556. The molecule has 1 heterocycles. The topological polar surface area (TPSA) is 75.4 Å². The van der Waals surface area contributed by atoms with Crippen LogP contribution in [-0.4, -0.2) is 11.7 Å². The van der Waals surface area contributed by atoms with Gasteiger partial charge in [0.1, 0.15) is 0 Å². The molecule has 0 bridgehead atoms. The van der Waals surface area contributed by atoms with Gasteiger partial charge in [-0.25, -0.2) is 4.99 Å². The fourth-order valence-electron chi connectivity index (χ4n) is 0.645. The summed E-state index contributed by atoms with van der Waals surface area (Å²) in [5.41, 5.74) is 5.27. The number of nitrogens with zero attached hydrogens (tertiary/aromatic N) is 1. The summed E-state index contributed by atoms with van der Waals surface area (Å²) in [5, 5.41) is 7.32. The van der Waals surface area contributed by atoms with Crippen LogP contribution in [0, 0.1) is 5.41 Å². The second kappa shape index (κ2) is 3.01. The summed E-state index contributed by atoms with van der Waals surface area (Å²) in [4.78, 5) is 3.70. The maximum absolute atomic E-state index is 7.32. The number of hydrogen-bond donors (Lipinski definition) is 2.